The second kappa shape index (κ2) is 5.60. The Morgan fingerprint density at radius 1 is 1.31 bits per heavy atom. The van der Waals surface area contributed by atoms with E-state index < -0.39 is 11.0 Å². The first-order valence-electron chi connectivity index (χ1n) is 5.08. The topological polar surface area (TPSA) is 29.4 Å². The van der Waals surface area contributed by atoms with Crippen LogP contribution < -0.4 is 0 Å². The van der Waals surface area contributed by atoms with E-state index in [1.165, 1.54) is 0 Å². The third-order valence-electron chi connectivity index (χ3n) is 1.93. The smallest absolute Gasteiger partial charge is 0.144 e. The van der Waals surface area contributed by atoms with Gasteiger partial charge in [-0.15, -0.1) is 0 Å². The van der Waals surface area contributed by atoms with E-state index in [1.54, 1.807) is 6.21 Å². The average molecular weight is 258 g/mol. The van der Waals surface area contributed by atoms with Gasteiger partial charge < -0.3 is 0 Å². The molecule has 0 heterocycles. The van der Waals surface area contributed by atoms with Crippen molar-refractivity contribution in [3.05, 3.63) is 34.9 Å². The Morgan fingerprint density at radius 2 is 1.88 bits per heavy atom. The molecule has 4 heteroatoms. The molecule has 1 unspecified atom stereocenters. The van der Waals surface area contributed by atoms with Gasteiger partial charge in [0.1, 0.15) is 11.0 Å². The van der Waals surface area contributed by atoms with E-state index in [-0.39, 0.29) is 4.75 Å². The summed E-state index contributed by atoms with van der Waals surface area (Å²) in [6.45, 7) is 5.72. The van der Waals surface area contributed by atoms with E-state index in [2.05, 4.69) is 4.40 Å². The van der Waals surface area contributed by atoms with Gasteiger partial charge in [0, 0.05) is 17.7 Å². The summed E-state index contributed by atoms with van der Waals surface area (Å²) < 4.78 is 15.3. The molecule has 0 aromatic heterocycles. The Bertz CT molecular complexity index is 392. The van der Waals surface area contributed by atoms with Crippen LogP contribution in [0, 0.1) is 0 Å². The summed E-state index contributed by atoms with van der Waals surface area (Å²) in [4.78, 5) is 0. The zero-order valence-corrected chi connectivity index (χ0v) is 11.3. The fraction of sp³-hybridized carbons (Fsp3) is 0.417. The maximum absolute atomic E-state index is 11.6. The van der Waals surface area contributed by atoms with E-state index in [4.69, 9.17) is 11.6 Å². The van der Waals surface area contributed by atoms with Crippen LogP contribution >= 0.6 is 11.6 Å². The Morgan fingerprint density at radius 3 is 2.38 bits per heavy atom. The van der Waals surface area contributed by atoms with Gasteiger partial charge in [-0.25, -0.2) is 4.21 Å². The number of nitrogens with zero attached hydrogens (tertiary/aromatic N) is 1. The lowest BCUT2D eigenvalue weighted by molar-refractivity contribution is 0.651. The minimum atomic E-state index is -1.17. The minimum Gasteiger partial charge on any atom is -0.234 e. The normalized spacial score (nSPS) is 14.2. The van der Waals surface area contributed by atoms with Gasteiger partial charge in [0.2, 0.25) is 0 Å². The average Bonchev–Trinajstić information content (AvgIpc) is 2.19. The van der Waals surface area contributed by atoms with Crippen LogP contribution in [0.5, 0.6) is 0 Å². The molecule has 88 valence electrons. The first kappa shape index (κ1) is 13.4. The molecule has 1 atom stereocenters. The van der Waals surface area contributed by atoms with Crippen LogP contribution in [0.4, 0.5) is 0 Å². The van der Waals surface area contributed by atoms with Crippen LogP contribution in [0.15, 0.2) is 28.7 Å². The molecule has 0 N–H and O–H groups in total. The van der Waals surface area contributed by atoms with Crippen LogP contribution in [0.2, 0.25) is 5.02 Å². The highest BCUT2D eigenvalue weighted by atomic mass is 35.5. The fourth-order valence-electron chi connectivity index (χ4n) is 0.989. The van der Waals surface area contributed by atoms with Crippen molar-refractivity contribution in [2.75, 3.05) is 0 Å². The monoisotopic (exact) mass is 257 g/mol. The maximum Gasteiger partial charge on any atom is 0.144 e. The van der Waals surface area contributed by atoms with Gasteiger partial charge in [-0.3, -0.25) is 0 Å². The zero-order chi connectivity index (χ0) is 12.2. The van der Waals surface area contributed by atoms with E-state index in [1.807, 2.05) is 45.0 Å². The lowest BCUT2D eigenvalue weighted by atomic mass is 10.2. The molecule has 0 fully saturated rings. The van der Waals surface area contributed by atoms with Crippen LogP contribution in [0.3, 0.4) is 0 Å². The molecule has 0 aliphatic carbocycles. The van der Waals surface area contributed by atoms with Crippen LogP contribution in [0.1, 0.15) is 26.3 Å². The highest BCUT2D eigenvalue weighted by molar-refractivity contribution is 7.85. The summed E-state index contributed by atoms with van der Waals surface area (Å²) in [5.41, 5.74) is 1.11. The molecule has 1 aromatic rings. The summed E-state index contributed by atoms with van der Waals surface area (Å²) >= 11 is 5.77. The van der Waals surface area contributed by atoms with Gasteiger partial charge in [-0.2, -0.15) is 4.40 Å². The standard InChI is InChI=1S/C12H16ClNOS/c1-12(2,3)16(15)14-9-8-10-4-6-11(13)7-5-10/h4-7,9H,8H2,1-3H3/b14-9-. The summed E-state index contributed by atoms with van der Waals surface area (Å²) in [7, 11) is -1.17. The number of benzene rings is 1. The first-order valence-corrected chi connectivity index (χ1v) is 6.57. The second-order valence-electron chi connectivity index (χ2n) is 4.48. The third kappa shape index (κ3) is 4.45. The third-order valence-corrected chi connectivity index (χ3v) is 3.57. The lowest BCUT2D eigenvalue weighted by Gasteiger charge is -2.12. The Kier molecular flexibility index (Phi) is 4.69. The van der Waals surface area contributed by atoms with E-state index >= 15 is 0 Å². The van der Waals surface area contributed by atoms with Crippen LogP contribution in [-0.2, 0) is 17.4 Å². The predicted molar refractivity (Wildman–Crippen MR) is 71.5 cm³/mol. The maximum atomic E-state index is 11.6. The quantitative estimate of drug-likeness (QED) is 0.763. The van der Waals surface area contributed by atoms with Crippen molar-refractivity contribution in [3.63, 3.8) is 0 Å². The summed E-state index contributed by atoms with van der Waals surface area (Å²) in [6, 6.07) is 7.56. The first-order chi connectivity index (χ1) is 7.39. The van der Waals surface area contributed by atoms with Crippen molar-refractivity contribution in [1.29, 1.82) is 0 Å². The zero-order valence-electron chi connectivity index (χ0n) is 9.74. The molecule has 1 aromatic carbocycles. The molecule has 1 rings (SSSR count). The van der Waals surface area contributed by atoms with Crippen molar-refractivity contribution in [2.24, 2.45) is 4.40 Å². The lowest BCUT2D eigenvalue weighted by Crippen LogP contribution is -2.19. The molecule has 2 nitrogen and oxygen atoms in total. The molecule has 0 amide bonds. The highest BCUT2D eigenvalue weighted by Gasteiger charge is 2.17. The number of hydrogen-bond donors (Lipinski definition) is 0. The molecular formula is C12H16ClNOS. The molecule has 0 radical (unpaired) electrons. The van der Waals surface area contributed by atoms with E-state index in [9.17, 15) is 4.21 Å². The SMILES string of the molecule is CC(C)(C)S(=O)/N=C\Cc1ccc(Cl)cc1. The number of halogens is 1. The molecule has 16 heavy (non-hydrogen) atoms. The molecule has 0 saturated carbocycles. The van der Waals surface area contributed by atoms with Crippen LogP contribution in [-0.4, -0.2) is 15.2 Å². The summed E-state index contributed by atoms with van der Waals surface area (Å²) in [5.74, 6) is 0. The van der Waals surface area contributed by atoms with Gasteiger partial charge in [-0.1, -0.05) is 23.7 Å². The summed E-state index contributed by atoms with van der Waals surface area (Å²) in [5, 5.41) is 0.721. The van der Waals surface area contributed by atoms with Crippen molar-refractivity contribution >= 4 is 28.8 Å². The Labute approximate surface area is 104 Å². The minimum absolute atomic E-state index is 0.295. The van der Waals surface area contributed by atoms with Gasteiger partial charge in [0.25, 0.3) is 0 Å². The predicted octanol–water partition coefficient (Wildman–Crippen LogP) is 3.42. The Balaban J connectivity index is 2.55. The molecule has 0 aliphatic heterocycles. The molecule has 0 saturated heterocycles. The van der Waals surface area contributed by atoms with Gasteiger partial charge in [0.15, 0.2) is 0 Å². The van der Waals surface area contributed by atoms with Crippen molar-refractivity contribution < 1.29 is 4.21 Å². The molecule has 0 aliphatic rings. The van der Waals surface area contributed by atoms with Gasteiger partial charge in [0.05, 0.1) is 4.75 Å². The van der Waals surface area contributed by atoms with E-state index in [0.29, 0.717) is 6.42 Å². The van der Waals surface area contributed by atoms with E-state index in [0.717, 1.165) is 10.6 Å². The van der Waals surface area contributed by atoms with Crippen molar-refractivity contribution in [1.82, 2.24) is 0 Å². The van der Waals surface area contributed by atoms with Crippen molar-refractivity contribution in [2.45, 2.75) is 31.9 Å². The van der Waals surface area contributed by atoms with Gasteiger partial charge in [-0.05, 0) is 38.5 Å². The molecular weight excluding hydrogens is 242 g/mol. The van der Waals surface area contributed by atoms with Crippen molar-refractivity contribution in [3.8, 4) is 0 Å². The second-order valence-corrected chi connectivity index (χ2v) is 6.85. The largest absolute Gasteiger partial charge is 0.234 e. The molecule has 0 bridgehead atoms. The van der Waals surface area contributed by atoms with Gasteiger partial charge >= 0.3 is 0 Å². The number of rotatable bonds is 3. The van der Waals surface area contributed by atoms with Crippen LogP contribution in [0.25, 0.3) is 0 Å². The fourth-order valence-corrected chi connectivity index (χ4v) is 1.64. The number of hydrogen-bond acceptors (Lipinski definition) is 1. The summed E-state index contributed by atoms with van der Waals surface area (Å²) in [6.07, 6.45) is 2.38. The molecule has 0 spiro atoms. The highest BCUT2D eigenvalue weighted by Crippen LogP contribution is 2.12. The Hall–Kier alpha value is -0.670.